The molecule has 0 aliphatic rings. The van der Waals surface area contributed by atoms with Crippen LogP contribution in [0.2, 0.25) is 0 Å². The quantitative estimate of drug-likeness (QED) is 0.262. The molecule has 0 aliphatic heterocycles. The number of nitrogens with zero attached hydrogens (tertiary/aromatic N) is 4. The van der Waals surface area contributed by atoms with E-state index >= 15 is 0 Å². The van der Waals surface area contributed by atoms with Gasteiger partial charge in [-0.2, -0.15) is 13.2 Å². The van der Waals surface area contributed by atoms with E-state index in [2.05, 4.69) is 15.3 Å². The van der Waals surface area contributed by atoms with E-state index in [1.807, 2.05) is 27.7 Å². The van der Waals surface area contributed by atoms with Crippen LogP contribution < -0.4 is 5.32 Å². The standard InChI is InChI=1S/C27H32F3N5O4S/c1-5-6-7-20(22(36)23(37)33-24-31-12-13-40-24)35(25(38)39)21(26(2,3)4)15-34-14-19(32-16-34)17-8-10-18(11-9-17)27(28,29)30/h8-14,16,20-21H,5-7,15H2,1-4H3,(H,38,39)(H,31,33,37)/t20-,21?/m0/s1. The molecule has 3 aromatic rings. The summed E-state index contributed by atoms with van der Waals surface area (Å²) < 4.78 is 40.5. The van der Waals surface area contributed by atoms with Gasteiger partial charge in [0.2, 0.25) is 5.78 Å². The Balaban J connectivity index is 1.91. The zero-order valence-electron chi connectivity index (χ0n) is 22.6. The zero-order chi connectivity index (χ0) is 29.7. The molecule has 1 unspecified atom stereocenters. The van der Waals surface area contributed by atoms with E-state index in [9.17, 15) is 32.7 Å². The van der Waals surface area contributed by atoms with E-state index in [-0.39, 0.29) is 18.1 Å². The van der Waals surface area contributed by atoms with Crippen LogP contribution in [0.4, 0.5) is 23.1 Å². The molecule has 0 fully saturated rings. The SMILES string of the molecule is CCCC[C@@H](C(=O)C(=O)Nc1nccs1)N(C(=O)O)C(Cn1cnc(-c2ccc(C(F)(F)F)cc2)c1)C(C)(C)C. The molecule has 13 heteroatoms. The molecule has 1 aromatic carbocycles. The number of hydrogen-bond donors (Lipinski definition) is 2. The van der Waals surface area contributed by atoms with Crippen LogP contribution in [0, 0.1) is 5.41 Å². The second-order valence-corrected chi connectivity index (χ2v) is 11.3. The molecule has 2 aromatic heterocycles. The van der Waals surface area contributed by atoms with Crippen molar-refractivity contribution >= 4 is 34.3 Å². The van der Waals surface area contributed by atoms with Crippen molar-refractivity contribution in [3.05, 3.63) is 53.9 Å². The van der Waals surface area contributed by atoms with Crippen LogP contribution >= 0.6 is 11.3 Å². The maximum atomic E-state index is 13.4. The lowest BCUT2D eigenvalue weighted by molar-refractivity contribution is -0.139. The number of nitrogens with one attached hydrogen (secondary N) is 1. The summed E-state index contributed by atoms with van der Waals surface area (Å²) in [7, 11) is 0. The van der Waals surface area contributed by atoms with Crippen molar-refractivity contribution in [2.75, 3.05) is 5.32 Å². The first-order chi connectivity index (χ1) is 18.7. The summed E-state index contributed by atoms with van der Waals surface area (Å²) >= 11 is 1.14. The Hall–Kier alpha value is -3.74. The molecule has 0 bridgehead atoms. The smallest absolute Gasteiger partial charge is 0.416 e. The van der Waals surface area contributed by atoms with E-state index in [1.54, 1.807) is 16.1 Å². The van der Waals surface area contributed by atoms with Crippen molar-refractivity contribution in [1.82, 2.24) is 19.4 Å². The van der Waals surface area contributed by atoms with Gasteiger partial charge in [-0.25, -0.2) is 14.8 Å². The summed E-state index contributed by atoms with van der Waals surface area (Å²) in [5.74, 6) is -1.82. The lowest BCUT2D eigenvalue weighted by atomic mass is 9.84. The maximum absolute atomic E-state index is 13.4. The Morgan fingerprint density at radius 1 is 1.12 bits per heavy atom. The largest absolute Gasteiger partial charge is 0.465 e. The number of anilines is 1. The van der Waals surface area contributed by atoms with Gasteiger partial charge in [-0.15, -0.1) is 11.3 Å². The molecule has 216 valence electrons. The van der Waals surface area contributed by atoms with Gasteiger partial charge >= 0.3 is 12.3 Å². The molecule has 2 heterocycles. The number of carboxylic acid groups (broad SMARTS) is 1. The number of unbranched alkanes of at least 4 members (excludes halogenated alkanes) is 1. The van der Waals surface area contributed by atoms with Crippen molar-refractivity contribution in [2.24, 2.45) is 5.41 Å². The first-order valence-electron chi connectivity index (χ1n) is 12.7. The normalized spacial score (nSPS) is 13.5. The molecule has 2 atom stereocenters. The van der Waals surface area contributed by atoms with Crippen molar-refractivity contribution < 1.29 is 32.7 Å². The maximum Gasteiger partial charge on any atom is 0.416 e. The van der Waals surface area contributed by atoms with Crippen molar-refractivity contribution in [1.29, 1.82) is 0 Å². The number of carbonyl (C=O) groups is 3. The highest BCUT2D eigenvalue weighted by Gasteiger charge is 2.42. The predicted octanol–water partition coefficient (Wildman–Crippen LogP) is 6.19. The van der Waals surface area contributed by atoms with Gasteiger partial charge in [0.25, 0.3) is 5.91 Å². The number of carbonyl (C=O) groups excluding carboxylic acids is 2. The van der Waals surface area contributed by atoms with E-state index in [4.69, 9.17) is 0 Å². The number of alkyl halides is 3. The van der Waals surface area contributed by atoms with E-state index in [0.717, 1.165) is 28.4 Å². The fourth-order valence-corrected chi connectivity index (χ4v) is 4.81. The van der Waals surface area contributed by atoms with Crippen molar-refractivity contribution in [3.63, 3.8) is 0 Å². The minimum absolute atomic E-state index is 0.0907. The number of aromatic nitrogens is 3. The lowest BCUT2D eigenvalue weighted by Gasteiger charge is -2.42. The Bertz CT molecular complexity index is 1300. The molecular weight excluding hydrogens is 547 g/mol. The molecule has 2 N–H and O–H groups in total. The summed E-state index contributed by atoms with van der Waals surface area (Å²) in [4.78, 5) is 48.2. The second-order valence-electron chi connectivity index (χ2n) is 10.4. The number of thiazole rings is 1. The molecule has 0 saturated heterocycles. The predicted molar refractivity (Wildman–Crippen MR) is 145 cm³/mol. The third kappa shape index (κ3) is 7.68. The summed E-state index contributed by atoms with van der Waals surface area (Å²) in [5.41, 5.74) is -0.579. The van der Waals surface area contributed by atoms with Gasteiger partial charge < -0.3 is 9.67 Å². The monoisotopic (exact) mass is 579 g/mol. The number of hydrogen-bond acceptors (Lipinski definition) is 6. The average Bonchev–Trinajstić information content (AvgIpc) is 3.56. The summed E-state index contributed by atoms with van der Waals surface area (Å²) in [6.45, 7) is 7.49. The number of ketones is 1. The first kappa shape index (κ1) is 30.8. The molecule has 3 rings (SSSR count). The van der Waals surface area contributed by atoms with E-state index in [0.29, 0.717) is 24.1 Å². The number of Topliss-reactive ketones (excluding diaryl/α,β-unsaturated/α-hetero) is 1. The summed E-state index contributed by atoms with van der Waals surface area (Å²) in [6, 6.07) is 2.58. The number of benzene rings is 1. The van der Waals surface area contributed by atoms with Gasteiger partial charge in [0.05, 0.1) is 23.6 Å². The fraction of sp³-hybridized carbons (Fsp3) is 0.444. The Labute approximate surface area is 234 Å². The van der Waals surface area contributed by atoms with E-state index in [1.165, 1.54) is 24.7 Å². The molecule has 0 spiro atoms. The Morgan fingerprint density at radius 3 is 2.33 bits per heavy atom. The van der Waals surface area contributed by atoms with Gasteiger partial charge in [-0.1, -0.05) is 52.7 Å². The van der Waals surface area contributed by atoms with Crippen LogP contribution in [0.1, 0.15) is 52.5 Å². The van der Waals surface area contributed by atoms with Gasteiger partial charge in [-0.3, -0.25) is 19.8 Å². The minimum Gasteiger partial charge on any atom is -0.465 e. The summed E-state index contributed by atoms with van der Waals surface area (Å²) in [5, 5.41) is 14.6. The first-order valence-corrected chi connectivity index (χ1v) is 13.6. The van der Waals surface area contributed by atoms with Crippen LogP contribution in [-0.2, 0) is 22.3 Å². The second kappa shape index (κ2) is 12.6. The van der Waals surface area contributed by atoms with Crippen LogP contribution in [-0.4, -0.2) is 54.4 Å². The topological polar surface area (TPSA) is 117 Å². The van der Waals surface area contributed by atoms with Crippen molar-refractivity contribution in [2.45, 2.75) is 71.8 Å². The number of imidazole rings is 1. The number of halogens is 3. The highest BCUT2D eigenvalue weighted by molar-refractivity contribution is 7.13. The van der Waals surface area contributed by atoms with E-state index < -0.39 is 47.0 Å². The highest BCUT2D eigenvalue weighted by Crippen LogP contribution is 2.32. The molecule has 0 aliphatic carbocycles. The average molecular weight is 580 g/mol. The fourth-order valence-electron chi connectivity index (χ4n) is 4.29. The van der Waals surface area contributed by atoms with Crippen LogP contribution in [0.15, 0.2) is 48.4 Å². The van der Waals surface area contributed by atoms with Gasteiger partial charge in [0.15, 0.2) is 5.13 Å². The Kier molecular flexibility index (Phi) is 9.72. The van der Waals surface area contributed by atoms with Crippen molar-refractivity contribution in [3.8, 4) is 11.3 Å². The van der Waals surface area contributed by atoms with Crippen LogP contribution in [0.5, 0.6) is 0 Å². The highest BCUT2D eigenvalue weighted by atomic mass is 32.1. The van der Waals surface area contributed by atoms with Crippen LogP contribution in [0.3, 0.4) is 0 Å². The third-order valence-corrected chi connectivity index (χ3v) is 7.12. The van der Waals surface area contributed by atoms with Gasteiger partial charge in [0.1, 0.15) is 6.04 Å². The van der Waals surface area contributed by atoms with Gasteiger partial charge in [-0.05, 0) is 24.0 Å². The minimum atomic E-state index is -4.46. The Morgan fingerprint density at radius 2 is 1.80 bits per heavy atom. The summed E-state index contributed by atoms with van der Waals surface area (Å²) in [6.07, 6.45) is 0.0981. The third-order valence-electron chi connectivity index (χ3n) is 6.43. The van der Waals surface area contributed by atoms with Crippen LogP contribution in [0.25, 0.3) is 11.3 Å². The van der Waals surface area contributed by atoms with Gasteiger partial charge in [0, 0.05) is 29.9 Å². The number of amides is 2. The number of rotatable bonds is 11. The zero-order valence-corrected chi connectivity index (χ0v) is 23.4. The molecule has 2 amide bonds. The molecule has 9 nitrogen and oxygen atoms in total. The molecule has 0 radical (unpaired) electrons. The lowest BCUT2D eigenvalue weighted by Crippen LogP contribution is -2.57. The molecular formula is C27H32F3N5O4S. The molecule has 0 saturated carbocycles. The molecule has 40 heavy (non-hydrogen) atoms.